The molecular weight excluding hydrogens is 420 g/mol. The van der Waals surface area contributed by atoms with Crippen LogP contribution in [0.3, 0.4) is 0 Å². The van der Waals surface area contributed by atoms with Gasteiger partial charge in [0.05, 0.1) is 25.4 Å². The number of carboxylic acid groups (broad SMARTS) is 1. The van der Waals surface area contributed by atoms with E-state index in [0.717, 1.165) is 53.4 Å². The van der Waals surface area contributed by atoms with Crippen LogP contribution >= 0.6 is 0 Å². The van der Waals surface area contributed by atoms with Crippen LogP contribution in [0, 0.1) is 13.8 Å². The fourth-order valence-corrected chi connectivity index (χ4v) is 4.59. The molecule has 0 bridgehead atoms. The Balaban J connectivity index is 1.70. The number of carbonyl (C=O) groups is 1. The van der Waals surface area contributed by atoms with Crippen LogP contribution in [0.5, 0.6) is 23.0 Å². The van der Waals surface area contributed by atoms with Gasteiger partial charge in [0.25, 0.3) is 0 Å². The first-order valence-electron chi connectivity index (χ1n) is 11.2. The van der Waals surface area contributed by atoms with Crippen LogP contribution in [-0.4, -0.2) is 36.4 Å². The number of ether oxygens (including phenoxy) is 3. The number of amides is 1. The zero-order valence-electron chi connectivity index (χ0n) is 19.6. The fourth-order valence-electron chi connectivity index (χ4n) is 4.59. The minimum absolute atomic E-state index is 0.0210. The molecule has 1 fully saturated rings. The first-order chi connectivity index (χ1) is 15.9. The predicted molar refractivity (Wildman–Crippen MR) is 128 cm³/mol. The molecule has 7 nitrogen and oxygen atoms in total. The van der Waals surface area contributed by atoms with E-state index in [9.17, 15) is 9.90 Å². The standard InChI is InChI=1S/C26H30N2O5/c1-16-13-23(17(2)12-21(16)28(26(29)30)18-8-6-5-7-9-18)33-22-10-11-27-20-15-25(32-4)24(31-3)14-19(20)22/h10-15,18H,5-9H2,1-4H3,(H,29,30). The van der Waals surface area contributed by atoms with E-state index in [0.29, 0.717) is 23.0 Å². The van der Waals surface area contributed by atoms with Gasteiger partial charge in [0.2, 0.25) is 0 Å². The molecule has 0 unspecified atom stereocenters. The van der Waals surface area contributed by atoms with Gasteiger partial charge >= 0.3 is 6.09 Å². The van der Waals surface area contributed by atoms with Crippen LogP contribution < -0.4 is 19.1 Å². The number of hydrogen-bond donors (Lipinski definition) is 1. The van der Waals surface area contributed by atoms with Gasteiger partial charge in [-0.1, -0.05) is 19.3 Å². The summed E-state index contributed by atoms with van der Waals surface area (Å²) in [6, 6.07) is 9.33. The zero-order valence-corrected chi connectivity index (χ0v) is 19.6. The smallest absolute Gasteiger partial charge is 0.412 e. The molecule has 2 aromatic carbocycles. The maximum Gasteiger partial charge on any atom is 0.412 e. The maximum atomic E-state index is 12.2. The van der Waals surface area contributed by atoms with Crippen LogP contribution in [0.1, 0.15) is 43.2 Å². The minimum atomic E-state index is -0.903. The Kier molecular flexibility index (Phi) is 6.58. The van der Waals surface area contributed by atoms with Crippen molar-refractivity contribution in [1.29, 1.82) is 0 Å². The second-order valence-corrected chi connectivity index (χ2v) is 8.48. The van der Waals surface area contributed by atoms with E-state index in [1.54, 1.807) is 25.3 Å². The third-order valence-electron chi connectivity index (χ3n) is 6.33. The van der Waals surface area contributed by atoms with Crippen molar-refractivity contribution in [2.75, 3.05) is 19.1 Å². The molecule has 174 valence electrons. The summed E-state index contributed by atoms with van der Waals surface area (Å²) in [5.41, 5.74) is 3.18. The zero-order chi connectivity index (χ0) is 23.5. The molecule has 1 amide bonds. The topological polar surface area (TPSA) is 81.1 Å². The van der Waals surface area contributed by atoms with E-state index in [1.165, 1.54) is 6.42 Å². The molecule has 3 aromatic rings. The van der Waals surface area contributed by atoms with Gasteiger partial charge in [-0.3, -0.25) is 9.88 Å². The summed E-state index contributed by atoms with van der Waals surface area (Å²) in [5.74, 6) is 2.50. The molecule has 0 radical (unpaired) electrons. The first kappa shape index (κ1) is 22.7. The van der Waals surface area contributed by atoms with Crippen molar-refractivity contribution in [2.45, 2.75) is 52.0 Å². The summed E-state index contributed by atoms with van der Waals surface area (Å²) in [6.45, 7) is 3.87. The monoisotopic (exact) mass is 450 g/mol. The first-order valence-corrected chi connectivity index (χ1v) is 11.2. The van der Waals surface area contributed by atoms with E-state index >= 15 is 0 Å². The molecule has 1 aliphatic rings. The van der Waals surface area contributed by atoms with Crippen molar-refractivity contribution in [3.05, 3.63) is 47.7 Å². The molecule has 1 saturated carbocycles. The van der Waals surface area contributed by atoms with Gasteiger partial charge in [-0.2, -0.15) is 0 Å². The summed E-state index contributed by atoms with van der Waals surface area (Å²) < 4.78 is 17.1. The van der Waals surface area contributed by atoms with Gasteiger partial charge in [-0.15, -0.1) is 0 Å². The van der Waals surface area contributed by atoms with Crippen LogP contribution in [0.15, 0.2) is 36.5 Å². The van der Waals surface area contributed by atoms with E-state index in [2.05, 4.69) is 4.98 Å². The Labute approximate surface area is 193 Å². The minimum Gasteiger partial charge on any atom is -0.493 e. The molecule has 0 spiro atoms. The number of benzene rings is 2. The number of hydrogen-bond acceptors (Lipinski definition) is 5. The molecule has 1 aliphatic carbocycles. The number of pyridine rings is 1. The van der Waals surface area contributed by atoms with Crippen molar-refractivity contribution >= 4 is 22.7 Å². The summed E-state index contributed by atoms with van der Waals surface area (Å²) in [4.78, 5) is 18.1. The molecule has 0 saturated heterocycles. The quantitative estimate of drug-likeness (QED) is 0.463. The Morgan fingerprint density at radius 3 is 2.30 bits per heavy atom. The molecule has 1 aromatic heterocycles. The summed E-state index contributed by atoms with van der Waals surface area (Å²) in [5, 5.41) is 10.8. The Hall–Kier alpha value is -3.48. The summed E-state index contributed by atoms with van der Waals surface area (Å²) in [7, 11) is 3.18. The molecular formula is C26H30N2O5. The van der Waals surface area contributed by atoms with Gasteiger partial charge < -0.3 is 19.3 Å². The lowest BCUT2D eigenvalue weighted by molar-refractivity contribution is 0.196. The Morgan fingerprint density at radius 2 is 1.64 bits per heavy atom. The third-order valence-corrected chi connectivity index (χ3v) is 6.33. The molecule has 0 aliphatic heterocycles. The van der Waals surface area contributed by atoms with Gasteiger partial charge in [0.1, 0.15) is 11.5 Å². The Bertz CT molecular complexity index is 1170. The van der Waals surface area contributed by atoms with Crippen molar-refractivity contribution in [1.82, 2.24) is 4.98 Å². The highest BCUT2D eigenvalue weighted by Crippen LogP contribution is 2.39. The van der Waals surface area contributed by atoms with Crippen LogP contribution in [0.4, 0.5) is 10.5 Å². The SMILES string of the molecule is COc1cc2nccc(Oc3cc(C)c(N(C(=O)O)C4CCCCC4)cc3C)c2cc1OC. The normalized spacial score (nSPS) is 14.2. The molecule has 7 heteroatoms. The lowest BCUT2D eigenvalue weighted by Crippen LogP contribution is -2.41. The highest BCUT2D eigenvalue weighted by Gasteiger charge is 2.28. The van der Waals surface area contributed by atoms with Crippen LogP contribution in [0.25, 0.3) is 10.9 Å². The van der Waals surface area contributed by atoms with Gasteiger partial charge in [-0.05, 0) is 62.1 Å². The average molecular weight is 451 g/mol. The van der Waals surface area contributed by atoms with Gasteiger partial charge in [0.15, 0.2) is 11.5 Å². The number of anilines is 1. The third kappa shape index (κ3) is 4.53. The van der Waals surface area contributed by atoms with Crippen LogP contribution in [-0.2, 0) is 0 Å². The lowest BCUT2D eigenvalue weighted by atomic mass is 9.93. The van der Waals surface area contributed by atoms with E-state index in [4.69, 9.17) is 14.2 Å². The number of nitrogens with zero attached hydrogens (tertiary/aromatic N) is 2. The van der Waals surface area contributed by atoms with Gasteiger partial charge in [0, 0.05) is 23.7 Å². The largest absolute Gasteiger partial charge is 0.493 e. The van der Waals surface area contributed by atoms with Crippen LogP contribution in [0.2, 0.25) is 0 Å². The number of aryl methyl sites for hydroxylation is 2. The highest BCUT2D eigenvalue weighted by atomic mass is 16.5. The number of rotatable bonds is 6. The van der Waals surface area contributed by atoms with Crippen molar-refractivity contribution < 1.29 is 24.1 Å². The summed E-state index contributed by atoms with van der Waals surface area (Å²) >= 11 is 0. The van der Waals surface area contributed by atoms with Crippen molar-refractivity contribution in [2.24, 2.45) is 0 Å². The molecule has 1 N–H and O–H groups in total. The average Bonchev–Trinajstić information content (AvgIpc) is 2.82. The van der Waals surface area contributed by atoms with E-state index < -0.39 is 6.09 Å². The highest BCUT2D eigenvalue weighted by molar-refractivity contribution is 5.89. The lowest BCUT2D eigenvalue weighted by Gasteiger charge is -2.33. The number of fused-ring (bicyclic) bond motifs is 1. The maximum absolute atomic E-state index is 12.2. The molecule has 1 heterocycles. The molecule has 0 atom stereocenters. The van der Waals surface area contributed by atoms with E-state index in [-0.39, 0.29) is 6.04 Å². The van der Waals surface area contributed by atoms with Crippen molar-refractivity contribution in [3.8, 4) is 23.0 Å². The molecule has 33 heavy (non-hydrogen) atoms. The second kappa shape index (κ2) is 9.57. The second-order valence-electron chi connectivity index (χ2n) is 8.48. The number of methoxy groups -OCH3 is 2. The summed E-state index contributed by atoms with van der Waals surface area (Å²) in [6.07, 6.45) is 5.89. The van der Waals surface area contributed by atoms with Gasteiger partial charge in [-0.25, -0.2) is 4.79 Å². The fraction of sp³-hybridized carbons (Fsp3) is 0.385. The Morgan fingerprint density at radius 1 is 0.939 bits per heavy atom. The predicted octanol–water partition coefficient (Wildman–Crippen LogP) is 6.48. The molecule has 4 rings (SSSR count). The number of aromatic nitrogens is 1. The van der Waals surface area contributed by atoms with Crippen molar-refractivity contribution in [3.63, 3.8) is 0 Å². The van der Waals surface area contributed by atoms with E-state index in [1.807, 2.05) is 44.2 Å².